The average Bonchev–Trinajstić information content (AvgIpc) is 2.23. The molecule has 0 rings (SSSR count). The third-order valence-electron chi connectivity index (χ3n) is 1.54. The van der Waals surface area contributed by atoms with Gasteiger partial charge >= 0.3 is 17.2 Å². The van der Waals surface area contributed by atoms with Gasteiger partial charge in [0.25, 0.3) is 0 Å². The van der Waals surface area contributed by atoms with Crippen LogP contribution < -0.4 is 0 Å². The first-order chi connectivity index (χ1) is 8.01. The van der Waals surface area contributed by atoms with E-state index >= 15 is 0 Å². The van der Waals surface area contributed by atoms with Gasteiger partial charge in [0, 0.05) is 6.08 Å². The van der Waals surface area contributed by atoms with Gasteiger partial charge < -0.3 is 14.0 Å². The molecule has 0 aromatic rings. The van der Waals surface area contributed by atoms with Gasteiger partial charge in [0.1, 0.15) is 0 Å². The molecule has 1 atom stereocenters. The Kier molecular flexibility index (Phi) is 5.36. The first-order valence-electron chi connectivity index (χ1n) is 4.34. The van der Waals surface area contributed by atoms with Gasteiger partial charge in [-0.2, -0.15) is 8.78 Å². The summed E-state index contributed by atoms with van der Waals surface area (Å²) in [4.78, 5) is 21.6. The third-order valence-corrected chi connectivity index (χ3v) is 2.39. The zero-order chi connectivity index (χ0) is 14.6. The summed E-state index contributed by atoms with van der Waals surface area (Å²) >= 11 is 0. The minimum atomic E-state index is -5.94. The van der Waals surface area contributed by atoms with Crippen LogP contribution in [0.1, 0.15) is 6.92 Å². The van der Waals surface area contributed by atoms with Crippen molar-refractivity contribution >= 4 is 22.1 Å². The topological polar surface area (TPSA) is 110 Å². The van der Waals surface area contributed by atoms with Gasteiger partial charge in [-0.1, -0.05) is 6.58 Å². The molecule has 0 N–H and O–H groups in total. The molecule has 7 nitrogen and oxygen atoms in total. The Balaban J connectivity index is 4.44. The van der Waals surface area contributed by atoms with E-state index in [1.165, 1.54) is 0 Å². The molecule has 1 unspecified atom stereocenters. The lowest BCUT2D eigenvalue weighted by molar-refractivity contribution is -0.167. The molecule has 0 aliphatic rings. The number of rotatable bonds is 6. The number of carbonyl (C=O) groups is 2. The van der Waals surface area contributed by atoms with Crippen LogP contribution in [0.2, 0.25) is 0 Å². The van der Waals surface area contributed by atoms with E-state index in [1.54, 1.807) is 0 Å². The SMILES string of the molecule is C=CC(=O)OC(C)C(=O)OCC(F)(F)S(=O)(=O)[O-]. The Morgan fingerprint density at radius 2 is 2.00 bits per heavy atom. The van der Waals surface area contributed by atoms with Crippen molar-refractivity contribution in [3.05, 3.63) is 12.7 Å². The highest BCUT2D eigenvalue weighted by Gasteiger charge is 2.39. The molecule has 0 heterocycles. The Morgan fingerprint density at radius 1 is 1.50 bits per heavy atom. The Labute approximate surface area is 101 Å². The maximum absolute atomic E-state index is 12.6. The molecule has 0 spiro atoms. The highest BCUT2D eigenvalue weighted by Crippen LogP contribution is 2.20. The van der Waals surface area contributed by atoms with Gasteiger partial charge in [-0.3, -0.25) is 0 Å². The van der Waals surface area contributed by atoms with Crippen molar-refractivity contribution in [3.63, 3.8) is 0 Å². The molecule has 18 heavy (non-hydrogen) atoms. The van der Waals surface area contributed by atoms with E-state index in [0.717, 1.165) is 13.0 Å². The normalized spacial score (nSPS) is 13.6. The van der Waals surface area contributed by atoms with E-state index in [2.05, 4.69) is 16.1 Å². The third kappa shape index (κ3) is 4.75. The summed E-state index contributed by atoms with van der Waals surface area (Å²) in [6.07, 6.45) is -0.818. The lowest BCUT2D eigenvalue weighted by Crippen LogP contribution is -2.37. The largest absolute Gasteiger partial charge is 0.743 e. The minimum absolute atomic E-state index is 0.723. The average molecular weight is 287 g/mol. The summed E-state index contributed by atoms with van der Waals surface area (Å²) in [6, 6.07) is 0. The number of halogens is 2. The van der Waals surface area contributed by atoms with Gasteiger partial charge in [-0.05, 0) is 6.92 Å². The predicted molar refractivity (Wildman–Crippen MR) is 51.4 cm³/mol. The molecule has 0 aromatic heterocycles. The van der Waals surface area contributed by atoms with Crippen molar-refractivity contribution in [1.82, 2.24) is 0 Å². The molecule has 0 radical (unpaired) electrons. The van der Waals surface area contributed by atoms with Crippen molar-refractivity contribution in [2.45, 2.75) is 18.3 Å². The second-order valence-electron chi connectivity index (χ2n) is 2.98. The van der Waals surface area contributed by atoms with Crippen LogP contribution in [0.4, 0.5) is 8.78 Å². The number of alkyl halides is 2. The second kappa shape index (κ2) is 5.87. The van der Waals surface area contributed by atoms with Crippen LogP contribution in [-0.2, 0) is 29.2 Å². The number of hydrogen-bond acceptors (Lipinski definition) is 7. The maximum Gasteiger partial charge on any atom is 0.367 e. The molecule has 0 aliphatic carbocycles. The molecule has 0 saturated heterocycles. The predicted octanol–water partition coefficient (Wildman–Crippen LogP) is -0.215. The molecule has 0 saturated carbocycles. The maximum atomic E-state index is 12.6. The first kappa shape index (κ1) is 16.4. The van der Waals surface area contributed by atoms with Crippen LogP contribution in [0, 0.1) is 0 Å². The lowest BCUT2D eigenvalue weighted by atomic mass is 10.4. The van der Waals surface area contributed by atoms with Crippen molar-refractivity contribution in [3.8, 4) is 0 Å². The number of hydrogen-bond donors (Lipinski definition) is 0. The van der Waals surface area contributed by atoms with Crippen LogP contribution in [0.5, 0.6) is 0 Å². The smallest absolute Gasteiger partial charge is 0.367 e. The summed E-state index contributed by atoms with van der Waals surface area (Å²) in [5.41, 5.74) is 0. The van der Waals surface area contributed by atoms with Crippen LogP contribution in [0.3, 0.4) is 0 Å². The summed E-state index contributed by atoms with van der Waals surface area (Å²) in [6.45, 7) is 2.08. The standard InChI is InChI=1S/C8H10F2O7S/c1-3-6(11)17-5(2)7(12)16-4-8(9,10)18(13,14)15/h3,5H,1,4H2,2H3,(H,13,14,15)/p-1. The Bertz CT molecular complexity index is 442. The lowest BCUT2D eigenvalue weighted by Gasteiger charge is -2.20. The van der Waals surface area contributed by atoms with Crippen LogP contribution in [0.15, 0.2) is 12.7 Å². The van der Waals surface area contributed by atoms with Crippen LogP contribution in [0.25, 0.3) is 0 Å². The molecule has 104 valence electrons. The highest BCUT2D eigenvalue weighted by molar-refractivity contribution is 7.86. The fourth-order valence-corrected chi connectivity index (χ4v) is 0.818. The van der Waals surface area contributed by atoms with Gasteiger partial charge in [0.05, 0.1) is 0 Å². The number of carbonyl (C=O) groups excluding carboxylic acids is 2. The Morgan fingerprint density at radius 3 is 2.39 bits per heavy atom. The van der Waals surface area contributed by atoms with E-state index in [4.69, 9.17) is 0 Å². The van der Waals surface area contributed by atoms with E-state index in [9.17, 15) is 31.3 Å². The van der Waals surface area contributed by atoms with Gasteiger partial charge in [0.15, 0.2) is 22.8 Å². The van der Waals surface area contributed by atoms with Crippen LogP contribution >= 0.6 is 0 Å². The zero-order valence-corrected chi connectivity index (χ0v) is 9.91. The van der Waals surface area contributed by atoms with Crippen molar-refractivity contribution in [1.29, 1.82) is 0 Å². The summed E-state index contributed by atoms with van der Waals surface area (Å²) in [5, 5.41) is -4.75. The summed E-state index contributed by atoms with van der Waals surface area (Å²) < 4.78 is 63.5. The summed E-state index contributed by atoms with van der Waals surface area (Å²) in [5.74, 6) is -2.42. The van der Waals surface area contributed by atoms with Crippen molar-refractivity contribution < 1.29 is 40.8 Å². The van der Waals surface area contributed by atoms with E-state index in [1.807, 2.05) is 0 Å². The van der Waals surface area contributed by atoms with Crippen molar-refractivity contribution in [2.75, 3.05) is 6.61 Å². The van der Waals surface area contributed by atoms with Gasteiger partial charge in [-0.15, -0.1) is 0 Å². The quantitative estimate of drug-likeness (QED) is 0.377. The molecular formula is C8H9F2O7S-. The molecule has 10 heteroatoms. The number of ether oxygens (including phenoxy) is 2. The molecule has 0 bridgehead atoms. The summed E-state index contributed by atoms with van der Waals surface area (Å²) in [7, 11) is -5.94. The van der Waals surface area contributed by atoms with Gasteiger partial charge in [-0.25, -0.2) is 18.0 Å². The van der Waals surface area contributed by atoms with E-state index in [-0.39, 0.29) is 0 Å². The molecular weight excluding hydrogens is 278 g/mol. The fourth-order valence-electron chi connectivity index (χ4n) is 0.615. The van der Waals surface area contributed by atoms with E-state index < -0.39 is 40.0 Å². The second-order valence-corrected chi connectivity index (χ2v) is 4.49. The molecule has 0 aliphatic heterocycles. The molecule has 0 amide bonds. The highest BCUT2D eigenvalue weighted by atomic mass is 32.2. The Hall–Kier alpha value is -1.55. The van der Waals surface area contributed by atoms with Crippen molar-refractivity contribution in [2.24, 2.45) is 0 Å². The molecule has 0 aromatic carbocycles. The fraction of sp³-hybridized carbons (Fsp3) is 0.500. The minimum Gasteiger partial charge on any atom is -0.743 e. The molecule has 0 fully saturated rings. The monoisotopic (exact) mass is 287 g/mol. The van der Waals surface area contributed by atoms with Crippen LogP contribution in [-0.4, -0.2) is 42.9 Å². The number of esters is 2. The van der Waals surface area contributed by atoms with E-state index in [0.29, 0.717) is 0 Å². The zero-order valence-electron chi connectivity index (χ0n) is 9.09. The van der Waals surface area contributed by atoms with Gasteiger partial charge in [0.2, 0.25) is 0 Å². The first-order valence-corrected chi connectivity index (χ1v) is 5.75.